The minimum Gasteiger partial charge on any atom is -0.481 e. The SMILES string of the molecule is Cc1cn(-c2ccccc2)nc1C(=O)N1CC(C(=O)O)CCC1C. The molecule has 2 atom stereocenters. The first kappa shape index (κ1) is 16.2. The molecule has 1 fully saturated rings. The lowest BCUT2D eigenvalue weighted by molar-refractivity contribution is -0.143. The molecule has 6 nitrogen and oxygen atoms in total. The van der Waals surface area contributed by atoms with E-state index in [2.05, 4.69) is 5.10 Å². The van der Waals surface area contributed by atoms with Crippen LogP contribution in [-0.4, -0.2) is 44.3 Å². The number of aryl methyl sites for hydroxylation is 1. The molecule has 0 saturated carbocycles. The van der Waals surface area contributed by atoms with Gasteiger partial charge in [0.1, 0.15) is 0 Å². The van der Waals surface area contributed by atoms with Crippen LogP contribution in [0.1, 0.15) is 35.8 Å². The Morgan fingerprint density at radius 2 is 1.92 bits per heavy atom. The van der Waals surface area contributed by atoms with Crippen molar-refractivity contribution in [2.75, 3.05) is 6.54 Å². The molecular formula is C18H21N3O3. The molecule has 1 aliphatic rings. The van der Waals surface area contributed by atoms with E-state index in [-0.39, 0.29) is 18.5 Å². The molecular weight excluding hydrogens is 306 g/mol. The Morgan fingerprint density at radius 3 is 2.58 bits per heavy atom. The van der Waals surface area contributed by atoms with Crippen LogP contribution in [0.15, 0.2) is 36.5 Å². The summed E-state index contributed by atoms with van der Waals surface area (Å²) >= 11 is 0. The van der Waals surface area contributed by atoms with E-state index in [1.807, 2.05) is 50.4 Å². The molecule has 0 spiro atoms. The number of carbonyl (C=O) groups is 2. The van der Waals surface area contributed by atoms with Gasteiger partial charge in [-0.15, -0.1) is 0 Å². The summed E-state index contributed by atoms with van der Waals surface area (Å²) in [5.41, 5.74) is 2.06. The summed E-state index contributed by atoms with van der Waals surface area (Å²) in [6.45, 7) is 4.05. The molecule has 0 bridgehead atoms. The zero-order valence-corrected chi connectivity index (χ0v) is 13.8. The highest BCUT2D eigenvalue weighted by Gasteiger charge is 2.34. The Kier molecular flexibility index (Phi) is 4.38. The third-order valence-electron chi connectivity index (χ3n) is 4.61. The van der Waals surface area contributed by atoms with E-state index in [0.29, 0.717) is 18.5 Å². The second kappa shape index (κ2) is 6.47. The van der Waals surface area contributed by atoms with E-state index in [1.165, 1.54) is 0 Å². The van der Waals surface area contributed by atoms with Gasteiger partial charge in [0, 0.05) is 24.3 Å². The van der Waals surface area contributed by atoms with Gasteiger partial charge in [-0.2, -0.15) is 5.10 Å². The molecule has 1 aromatic carbocycles. The van der Waals surface area contributed by atoms with Gasteiger partial charge in [0.15, 0.2) is 5.69 Å². The zero-order valence-electron chi connectivity index (χ0n) is 13.8. The Labute approximate surface area is 140 Å². The number of amides is 1. The number of hydrogen-bond donors (Lipinski definition) is 1. The molecule has 0 radical (unpaired) electrons. The van der Waals surface area contributed by atoms with Crippen LogP contribution >= 0.6 is 0 Å². The van der Waals surface area contributed by atoms with Gasteiger partial charge < -0.3 is 10.0 Å². The van der Waals surface area contributed by atoms with Crippen molar-refractivity contribution in [1.29, 1.82) is 0 Å². The van der Waals surface area contributed by atoms with Crippen LogP contribution in [0, 0.1) is 12.8 Å². The molecule has 1 aromatic heterocycles. The normalized spacial score (nSPS) is 20.8. The summed E-state index contributed by atoms with van der Waals surface area (Å²) in [5, 5.41) is 13.7. The Hall–Kier alpha value is -2.63. The van der Waals surface area contributed by atoms with Crippen molar-refractivity contribution in [2.24, 2.45) is 5.92 Å². The summed E-state index contributed by atoms with van der Waals surface area (Å²) in [7, 11) is 0. The Morgan fingerprint density at radius 1 is 1.21 bits per heavy atom. The molecule has 1 saturated heterocycles. The molecule has 1 amide bonds. The lowest BCUT2D eigenvalue weighted by atomic mass is 9.93. The number of nitrogens with zero attached hydrogens (tertiary/aromatic N) is 3. The fraction of sp³-hybridized carbons (Fsp3) is 0.389. The van der Waals surface area contributed by atoms with E-state index in [0.717, 1.165) is 11.3 Å². The Bertz CT molecular complexity index is 754. The molecule has 126 valence electrons. The number of carboxylic acid groups (broad SMARTS) is 1. The second-order valence-electron chi connectivity index (χ2n) is 6.36. The monoisotopic (exact) mass is 327 g/mol. The minimum absolute atomic E-state index is 0.0226. The van der Waals surface area contributed by atoms with Gasteiger partial charge >= 0.3 is 5.97 Å². The van der Waals surface area contributed by atoms with E-state index < -0.39 is 11.9 Å². The van der Waals surface area contributed by atoms with Gasteiger partial charge in [-0.3, -0.25) is 9.59 Å². The molecule has 6 heteroatoms. The first-order valence-corrected chi connectivity index (χ1v) is 8.13. The number of rotatable bonds is 3. The average Bonchev–Trinajstić information content (AvgIpc) is 2.97. The van der Waals surface area contributed by atoms with E-state index in [4.69, 9.17) is 0 Å². The van der Waals surface area contributed by atoms with E-state index in [1.54, 1.807) is 9.58 Å². The lowest BCUT2D eigenvalue weighted by Gasteiger charge is -2.36. The van der Waals surface area contributed by atoms with Crippen LogP contribution in [0.25, 0.3) is 5.69 Å². The van der Waals surface area contributed by atoms with Crippen LogP contribution < -0.4 is 0 Å². The first-order valence-electron chi connectivity index (χ1n) is 8.13. The molecule has 3 rings (SSSR count). The molecule has 1 N–H and O–H groups in total. The van der Waals surface area contributed by atoms with Crippen molar-refractivity contribution < 1.29 is 14.7 Å². The minimum atomic E-state index is -0.841. The van der Waals surface area contributed by atoms with E-state index in [9.17, 15) is 14.7 Å². The molecule has 0 aliphatic carbocycles. The van der Waals surface area contributed by atoms with Crippen LogP contribution in [0.5, 0.6) is 0 Å². The molecule has 2 heterocycles. The van der Waals surface area contributed by atoms with Crippen molar-refractivity contribution in [1.82, 2.24) is 14.7 Å². The predicted molar refractivity (Wildman–Crippen MR) is 89.2 cm³/mol. The third-order valence-corrected chi connectivity index (χ3v) is 4.61. The summed E-state index contributed by atoms with van der Waals surface area (Å²) in [6.07, 6.45) is 3.13. The number of para-hydroxylation sites is 1. The molecule has 2 unspecified atom stereocenters. The molecule has 24 heavy (non-hydrogen) atoms. The maximum absolute atomic E-state index is 12.9. The van der Waals surface area contributed by atoms with Gasteiger partial charge in [-0.25, -0.2) is 4.68 Å². The maximum Gasteiger partial charge on any atom is 0.308 e. The second-order valence-corrected chi connectivity index (χ2v) is 6.36. The van der Waals surface area contributed by atoms with Gasteiger partial charge in [-0.1, -0.05) is 18.2 Å². The van der Waals surface area contributed by atoms with Gasteiger partial charge in [-0.05, 0) is 38.8 Å². The number of hydrogen-bond acceptors (Lipinski definition) is 3. The number of carboxylic acids is 1. The fourth-order valence-electron chi connectivity index (χ4n) is 3.11. The summed E-state index contributed by atoms with van der Waals surface area (Å²) in [6, 6.07) is 9.62. The smallest absolute Gasteiger partial charge is 0.308 e. The highest BCUT2D eigenvalue weighted by atomic mass is 16.4. The summed E-state index contributed by atoms with van der Waals surface area (Å²) in [4.78, 5) is 25.8. The number of piperidine rings is 1. The predicted octanol–water partition coefficient (Wildman–Crippen LogP) is 2.51. The van der Waals surface area contributed by atoms with E-state index >= 15 is 0 Å². The van der Waals surface area contributed by atoms with Gasteiger partial charge in [0.25, 0.3) is 5.91 Å². The number of carbonyl (C=O) groups excluding carboxylic acids is 1. The molecule has 2 aromatic rings. The highest BCUT2D eigenvalue weighted by molar-refractivity contribution is 5.94. The standard InChI is InChI=1S/C18H21N3O3/c1-12-10-21(15-6-4-3-5-7-15)19-16(12)17(22)20-11-14(18(23)24)9-8-13(20)2/h3-7,10,13-14H,8-9,11H2,1-2H3,(H,23,24). The number of benzene rings is 1. The first-order chi connectivity index (χ1) is 11.5. The van der Waals surface area contributed by atoms with Crippen molar-refractivity contribution in [3.63, 3.8) is 0 Å². The number of aromatic nitrogens is 2. The quantitative estimate of drug-likeness (QED) is 0.940. The van der Waals surface area contributed by atoms with Gasteiger partial charge in [0.05, 0.1) is 11.6 Å². The molecule has 1 aliphatic heterocycles. The summed E-state index contributed by atoms with van der Waals surface area (Å²) < 4.78 is 1.69. The largest absolute Gasteiger partial charge is 0.481 e. The lowest BCUT2D eigenvalue weighted by Crippen LogP contribution is -2.47. The van der Waals surface area contributed by atoms with Crippen LogP contribution in [-0.2, 0) is 4.79 Å². The Balaban J connectivity index is 1.87. The highest BCUT2D eigenvalue weighted by Crippen LogP contribution is 2.24. The van der Waals surface area contributed by atoms with Crippen LogP contribution in [0.4, 0.5) is 0 Å². The third kappa shape index (κ3) is 3.04. The maximum atomic E-state index is 12.9. The van der Waals surface area contributed by atoms with Crippen molar-refractivity contribution in [3.8, 4) is 5.69 Å². The fourth-order valence-corrected chi connectivity index (χ4v) is 3.11. The van der Waals surface area contributed by atoms with Gasteiger partial charge in [0.2, 0.25) is 0 Å². The summed E-state index contributed by atoms with van der Waals surface area (Å²) in [5.74, 6) is -1.53. The topological polar surface area (TPSA) is 75.4 Å². The van der Waals surface area contributed by atoms with Crippen molar-refractivity contribution in [3.05, 3.63) is 47.8 Å². The number of aliphatic carboxylic acids is 1. The van der Waals surface area contributed by atoms with Crippen LogP contribution in [0.3, 0.4) is 0 Å². The zero-order chi connectivity index (χ0) is 17.3. The van der Waals surface area contributed by atoms with Crippen LogP contribution in [0.2, 0.25) is 0 Å². The van der Waals surface area contributed by atoms with Crippen molar-refractivity contribution in [2.45, 2.75) is 32.7 Å². The van der Waals surface area contributed by atoms with Crippen molar-refractivity contribution >= 4 is 11.9 Å². The average molecular weight is 327 g/mol. The number of likely N-dealkylation sites (tertiary alicyclic amines) is 1.